The van der Waals surface area contributed by atoms with Gasteiger partial charge in [0.2, 0.25) is 0 Å². The molecule has 1 aromatic rings. The van der Waals surface area contributed by atoms with E-state index in [0.717, 1.165) is 11.1 Å². The number of rotatable bonds is 3. The van der Waals surface area contributed by atoms with Crippen LogP contribution in [0.15, 0.2) is 18.2 Å². The fourth-order valence-corrected chi connectivity index (χ4v) is 1.52. The summed E-state index contributed by atoms with van der Waals surface area (Å²) < 4.78 is 28.4. The topological polar surface area (TPSA) is 9.23 Å². The van der Waals surface area contributed by atoms with Crippen LogP contribution < -0.4 is 4.74 Å². The lowest BCUT2D eigenvalue weighted by Crippen LogP contribution is -2.05. The molecule has 0 spiro atoms. The Hall–Kier alpha value is -0.640. The van der Waals surface area contributed by atoms with Crippen LogP contribution in [-0.2, 0) is 5.33 Å². The molecule has 1 aromatic carbocycles. The van der Waals surface area contributed by atoms with E-state index in [-0.39, 0.29) is 5.75 Å². The van der Waals surface area contributed by atoms with Crippen molar-refractivity contribution in [2.75, 3.05) is 0 Å². The number of ether oxygens (including phenoxy) is 1. The molecule has 1 nitrogen and oxygen atoms in total. The maximum absolute atomic E-state index is 12.0. The predicted molar refractivity (Wildman–Crippen MR) is 50.4 cm³/mol. The second kappa shape index (κ2) is 4.56. The number of hydrogen-bond acceptors (Lipinski definition) is 1. The van der Waals surface area contributed by atoms with E-state index in [1.54, 1.807) is 19.1 Å². The number of benzene rings is 1. The van der Waals surface area contributed by atoms with Gasteiger partial charge in [-0.3, -0.25) is 0 Å². The molecule has 0 radical (unpaired) electrons. The molecule has 0 amide bonds. The summed E-state index contributed by atoms with van der Waals surface area (Å²) >= 11 is 3.21. The summed E-state index contributed by atoms with van der Waals surface area (Å²) in [5.74, 6) is 0.273. The third kappa shape index (κ3) is 2.66. The highest BCUT2D eigenvalue weighted by atomic mass is 79.9. The van der Waals surface area contributed by atoms with Crippen LogP contribution >= 0.6 is 15.9 Å². The molecule has 0 unspecified atom stereocenters. The Bertz CT molecular complexity index is 289. The third-order valence-electron chi connectivity index (χ3n) is 1.64. The highest BCUT2D eigenvalue weighted by molar-refractivity contribution is 9.08. The number of para-hydroxylation sites is 1. The van der Waals surface area contributed by atoms with Crippen LogP contribution in [0.5, 0.6) is 5.75 Å². The Morgan fingerprint density at radius 3 is 2.69 bits per heavy atom. The Kier molecular flexibility index (Phi) is 3.66. The van der Waals surface area contributed by atoms with Crippen molar-refractivity contribution in [1.29, 1.82) is 0 Å². The van der Waals surface area contributed by atoms with E-state index in [2.05, 4.69) is 20.7 Å². The van der Waals surface area contributed by atoms with E-state index in [1.807, 2.05) is 6.07 Å². The highest BCUT2D eigenvalue weighted by Crippen LogP contribution is 2.26. The second-order valence-corrected chi connectivity index (χ2v) is 3.14. The van der Waals surface area contributed by atoms with Crippen LogP contribution in [0.3, 0.4) is 0 Å². The first-order valence-electron chi connectivity index (χ1n) is 3.74. The van der Waals surface area contributed by atoms with E-state index >= 15 is 0 Å². The van der Waals surface area contributed by atoms with E-state index in [9.17, 15) is 8.78 Å². The number of hydrogen-bond donors (Lipinski definition) is 0. The van der Waals surface area contributed by atoms with Crippen molar-refractivity contribution < 1.29 is 13.5 Å². The molecule has 0 aromatic heterocycles. The zero-order valence-electron chi connectivity index (χ0n) is 7.06. The molecule has 0 bridgehead atoms. The normalized spacial score (nSPS) is 10.5. The maximum atomic E-state index is 12.0. The molecule has 0 aliphatic carbocycles. The van der Waals surface area contributed by atoms with Crippen LogP contribution in [0.1, 0.15) is 11.1 Å². The molecule has 0 saturated heterocycles. The van der Waals surface area contributed by atoms with Gasteiger partial charge in [0.25, 0.3) is 0 Å². The van der Waals surface area contributed by atoms with Gasteiger partial charge in [-0.05, 0) is 12.5 Å². The maximum Gasteiger partial charge on any atom is 0.387 e. The first-order chi connectivity index (χ1) is 6.15. The highest BCUT2D eigenvalue weighted by Gasteiger charge is 2.10. The Balaban J connectivity index is 3.00. The lowest BCUT2D eigenvalue weighted by Gasteiger charge is -2.11. The van der Waals surface area contributed by atoms with Crippen molar-refractivity contribution in [3.05, 3.63) is 29.3 Å². The van der Waals surface area contributed by atoms with Crippen molar-refractivity contribution in [2.24, 2.45) is 0 Å². The van der Waals surface area contributed by atoms with Gasteiger partial charge in [-0.1, -0.05) is 34.1 Å². The zero-order valence-corrected chi connectivity index (χ0v) is 8.64. The molecule has 72 valence electrons. The zero-order chi connectivity index (χ0) is 9.84. The minimum Gasteiger partial charge on any atom is -0.434 e. The molecule has 1 rings (SSSR count). The van der Waals surface area contributed by atoms with Crippen LogP contribution in [-0.4, -0.2) is 6.61 Å². The van der Waals surface area contributed by atoms with Crippen molar-refractivity contribution in [3.8, 4) is 5.75 Å². The summed E-state index contributed by atoms with van der Waals surface area (Å²) in [7, 11) is 0. The van der Waals surface area contributed by atoms with Crippen LogP contribution in [0.2, 0.25) is 0 Å². The average molecular weight is 251 g/mol. The van der Waals surface area contributed by atoms with Gasteiger partial charge in [0.05, 0.1) is 0 Å². The molecule has 0 atom stereocenters. The first kappa shape index (κ1) is 10.4. The van der Waals surface area contributed by atoms with Gasteiger partial charge < -0.3 is 4.74 Å². The van der Waals surface area contributed by atoms with Crippen LogP contribution in [0, 0.1) is 6.92 Å². The third-order valence-corrected chi connectivity index (χ3v) is 2.25. The molecule has 4 heteroatoms. The summed E-state index contributed by atoms with van der Waals surface area (Å²) in [5.41, 5.74) is 1.46. The summed E-state index contributed by atoms with van der Waals surface area (Å²) in [5, 5.41) is 0.511. The fraction of sp³-hybridized carbons (Fsp3) is 0.333. The molecule has 0 fully saturated rings. The molecule has 0 aliphatic heterocycles. The van der Waals surface area contributed by atoms with Crippen molar-refractivity contribution in [2.45, 2.75) is 18.9 Å². The van der Waals surface area contributed by atoms with Gasteiger partial charge >= 0.3 is 6.61 Å². The summed E-state index contributed by atoms with van der Waals surface area (Å²) in [6.45, 7) is -1.02. The molecular formula is C9H9BrF2O. The van der Waals surface area contributed by atoms with Crippen molar-refractivity contribution >= 4 is 15.9 Å². The van der Waals surface area contributed by atoms with Gasteiger partial charge in [0.15, 0.2) is 0 Å². The summed E-state index contributed by atoms with van der Waals surface area (Å²) in [6.07, 6.45) is 0. The average Bonchev–Trinajstić information content (AvgIpc) is 2.08. The monoisotopic (exact) mass is 250 g/mol. The van der Waals surface area contributed by atoms with Crippen LogP contribution in [0.25, 0.3) is 0 Å². The minimum absolute atomic E-state index is 0.273. The number of halogens is 3. The van der Waals surface area contributed by atoms with Crippen LogP contribution in [0.4, 0.5) is 8.78 Å². The molecule has 0 N–H and O–H groups in total. The molecular weight excluding hydrogens is 242 g/mol. The smallest absolute Gasteiger partial charge is 0.387 e. The predicted octanol–water partition coefficient (Wildman–Crippen LogP) is 3.49. The van der Waals surface area contributed by atoms with E-state index in [1.165, 1.54) is 0 Å². The largest absolute Gasteiger partial charge is 0.434 e. The van der Waals surface area contributed by atoms with Crippen molar-refractivity contribution in [1.82, 2.24) is 0 Å². The number of alkyl halides is 3. The van der Waals surface area contributed by atoms with Gasteiger partial charge in [0.1, 0.15) is 5.75 Å². The standard InChI is InChI=1S/C9H9BrF2O/c1-6-3-2-4-7(5-10)8(6)13-9(11)12/h2-4,9H,5H2,1H3. The lowest BCUT2D eigenvalue weighted by atomic mass is 10.1. The summed E-state index contributed by atoms with van der Waals surface area (Å²) in [6, 6.07) is 5.30. The fourth-order valence-electron chi connectivity index (χ4n) is 1.08. The minimum atomic E-state index is -2.76. The SMILES string of the molecule is Cc1cccc(CBr)c1OC(F)F. The molecule has 0 saturated carbocycles. The first-order valence-corrected chi connectivity index (χ1v) is 4.86. The van der Waals surface area contributed by atoms with Crippen molar-refractivity contribution in [3.63, 3.8) is 0 Å². The number of aryl methyl sites for hydroxylation is 1. The van der Waals surface area contributed by atoms with Gasteiger partial charge in [-0.25, -0.2) is 0 Å². The summed E-state index contributed by atoms with van der Waals surface area (Å²) in [4.78, 5) is 0. The Labute approximate surface area is 83.8 Å². The quantitative estimate of drug-likeness (QED) is 0.747. The van der Waals surface area contributed by atoms with Gasteiger partial charge in [-0.15, -0.1) is 0 Å². The van der Waals surface area contributed by atoms with E-state index in [4.69, 9.17) is 0 Å². The molecule has 0 heterocycles. The van der Waals surface area contributed by atoms with Gasteiger partial charge in [-0.2, -0.15) is 8.78 Å². The lowest BCUT2D eigenvalue weighted by molar-refractivity contribution is -0.0507. The van der Waals surface area contributed by atoms with E-state index in [0.29, 0.717) is 5.33 Å². The molecule has 13 heavy (non-hydrogen) atoms. The van der Waals surface area contributed by atoms with Gasteiger partial charge in [0, 0.05) is 10.9 Å². The molecule has 0 aliphatic rings. The second-order valence-electron chi connectivity index (χ2n) is 2.58. The Morgan fingerprint density at radius 2 is 2.15 bits per heavy atom. The Morgan fingerprint density at radius 1 is 1.46 bits per heavy atom. The van der Waals surface area contributed by atoms with E-state index < -0.39 is 6.61 Å².